The predicted octanol–water partition coefficient (Wildman–Crippen LogP) is 3.75. The van der Waals surface area contributed by atoms with E-state index in [9.17, 15) is 14.0 Å². The molecule has 6 nitrogen and oxygen atoms in total. The Kier molecular flexibility index (Phi) is 6.18. The number of carbonyl (C=O) groups excluding carboxylic acids is 2. The molecule has 29 heavy (non-hydrogen) atoms. The standard InChI is InChI=1S/C21H25FN4O2S/c22-17-8-6-14(7-9-17)10-11-26-13-16(12-18(26)27)19(28)23-21-25-24-20(29-21)15-4-2-1-3-5-15/h6-9,15-16H,1-5,10-13H2,(H,23,25,28)/t16-/m0/s1. The van der Waals surface area contributed by atoms with E-state index < -0.39 is 0 Å². The Balaban J connectivity index is 1.28. The molecular formula is C21H25FN4O2S. The number of hydrogen-bond donors (Lipinski definition) is 1. The van der Waals surface area contributed by atoms with Crippen LogP contribution in [0.4, 0.5) is 9.52 Å². The van der Waals surface area contributed by atoms with Gasteiger partial charge in [0.15, 0.2) is 0 Å². The Bertz CT molecular complexity index is 864. The Morgan fingerprint density at radius 2 is 1.93 bits per heavy atom. The first-order valence-electron chi connectivity index (χ1n) is 10.2. The predicted molar refractivity (Wildman–Crippen MR) is 109 cm³/mol. The van der Waals surface area contributed by atoms with Crippen LogP contribution in [-0.2, 0) is 16.0 Å². The number of likely N-dealkylation sites (tertiary alicyclic amines) is 1. The normalized spacial score (nSPS) is 20.2. The van der Waals surface area contributed by atoms with E-state index >= 15 is 0 Å². The van der Waals surface area contributed by atoms with Crippen molar-refractivity contribution in [3.8, 4) is 0 Å². The molecule has 1 saturated carbocycles. The van der Waals surface area contributed by atoms with Crippen LogP contribution in [0.15, 0.2) is 24.3 Å². The SMILES string of the molecule is O=C(Nc1nnc(C2CCCCC2)s1)[C@H]1CC(=O)N(CCc2ccc(F)cc2)C1. The number of hydrogen-bond acceptors (Lipinski definition) is 5. The van der Waals surface area contributed by atoms with Gasteiger partial charge >= 0.3 is 0 Å². The maximum absolute atomic E-state index is 13.0. The summed E-state index contributed by atoms with van der Waals surface area (Å²) < 4.78 is 13.0. The minimum atomic E-state index is -0.377. The van der Waals surface area contributed by atoms with Crippen LogP contribution in [0.25, 0.3) is 0 Å². The number of benzene rings is 1. The van der Waals surface area contributed by atoms with Crippen LogP contribution in [0.3, 0.4) is 0 Å². The van der Waals surface area contributed by atoms with Crippen LogP contribution in [0.1, 0.15) is 55.0 Å². The van der Waals surface area contributed by atoms with E-state index in [4.69, 9.17) is 0 Å². The molecule has 0 bridgehead atoms. The van der Waals surface area contributed by atoms with Gasteiger partial charge in [0, 0.05) is 25.4 Å². The summed E-state index contributed by atoms with van der Waals surface area (Å²) in [4.78, 5) is 26.6. The lowest BCUT2D eigenvalue weighted by Crippen LogP contribution is -2.30. The van der Waals surface area contributed by atoms with Crippen LogP contribution < -0.4 is 5.32 Å². The Morgan fingerprint density at radius 1 is 1.17 bits per heavy atom. The van der Waals surface area contributed by atoms with Gasteiger partial charge in [0.1, 0.15) is 10.8 Å². The van der Waals surface area contributed by atoms with E-state index in [0.717, 1.165) is 23.4 Å². The third kappa shape index (κ3) is 4.98. The topological polar surface area (TPSA) is 75.2 Å². The monoisotopic (exact) mass is 416 g/mol. The first-order valence-corrected chi connectivity index (χ1v) is 11.1. The van der Waals surface area contributed by atoms with Crippen LogP contribution in [-0.4, -0.2) is 40.0 Å². The smallest absolute Gasteiger partial charge is 0.231 e. The molecular weight excluding hydrogens is 391 g/mol. The maximum Gasteiger partial charge on any atom is 0.231 e. The zero-order chi connectivity index (χ0) is 20.2. The minimum Gasteiger partial charge on any atom is -0.342 e. The average molecular weight is 417 g/mol. The molecule has 1 aromatic heterocycles. The Morgan fingerprint density at radius 3 is 2.69 bits per heavy atom. The molecule has 1 aromatic carbocycles. The molecule has 0 spiro atoms. The summed E-state index contributed by atoms with van der Waals surface area (Å²) in [5.41, 5.74) is 0.969. The molecule has 1 aliphatic carbocycles. The van der Waals surface area contributed by atoms with Gasteiger partial charge in [-0.05, 0) is 37.0 Å². The van der Waals surface area contributed by atoms with Gasteiger partial charge in [-0.25, -0.2) is 4.39 Å². The number of halogens is 1. The lowest BCUT2D eigenvalue weighted by atomic mass is 9.90. The fourth-order valence-corrected chi connectivity index (χ4v) is 5.00. The van der Waals surface area contributed by atoms with Gasteiger partial charge in [0.05, 0.1) is 5.92 Å². The van der Waals surface area contributed by atoms with Gasteiger partial charge in [-0.15, -0.1) is 10.2 Å². The third-order valence-corrected chi connectivity index (χ3v) is 6.80. The van der Waals surface area contributed by atoms with Crippen LogP contribution >= 0.6 is 11.3 Å². The molecule has 1 saturated heterocycles. The highest BCUT2D eigenvalue weighted by atomic mass is 32.1. The molecule has 8 heteroatoms. The first kappa shape index (κ1) is 19.9. The molecule has 154 valence electrons. The van der Waals surface area contributed by atoms with E-state index in [-0.39, 0.29) is 30.0 Å². The Labute approximate surface area is 173 Å². The van der Waals surface area contributed by atoms with E-state index in [1.165, 1.54) is 42.7 Å². The van der Waals surface area contributed by atoms with Gasteiger partial charge in [-0.3, -0.25) is 9.59 Å². The Hall–Kier alpha value is -2.35. The van der Waals surface area contributed by atoms with Crippen molar-refractivity contribution in [2.75, 3.05) is 18.4 Å². The van der Waals surface area contributed by atoms with E-state index in [1.807, 2.05) is 0 Å². The van der Waals surface area contributed by atoms with Crippen molar-refractivity contribution in [3.63, 3.8) is 0 Å². The summed E-state index contributed by atoms with van der Waals surface area (Å²) in [7, 11) is 0. The fraction of sp³-hybridized carbons (Fsp3) is 0.524. The largest absolute Gasteiger partial charge is 0.342 e. The number of nitrogens with zero attached hydrogens (tertiary/aromatic N) is 3. The van der Waals surface area contributed by atoms with Crippen molar-refractivity contribution >= 4 is 28.3 Å². The van der Waals surface area contributed by atoms with Crippen molar-refractivity contribution < 1.29 is 14.0 Å². The molecule has 1 atom stereocenters. The second kappa shape index (κ2) is 8.98. The molecule has 1 N–H and O–H groups in total. The van der Waals surface area contributed by atoms with Crippen LogP contribution in [0.5, 0.6) is 0 Å². The van der Waals surface area contributed by atoms with Crippen molar-refractivity contribution in [3.05, 3.63) is 40.7 Å². The number of nitrogens with one attached hydrogen (secondary N) is 1. The summed E-state index contributed by atoms with van der Waals surface area (Å²) in [6.07, 6.45) is 6.87. The molecule has 2 aromatic rings. The zero-order valence-corrected chi connectivity index (χ0v) is 17.1. The lowest BCUT2D eigenvalue weighted by molar-refractivity contribution is -0.128. The highest BCUT2D eigenvalue weighted by Crippen LogP contribution is 2.35. The van der Waals surface area contributed by atoms with Crippen molar-refractivity contribution in [1.29, 1.82) is 0 Å². The quantitative estimate of drug-likeness (QED) is 0.778. The minimum absolute atomic E-state index is 0.0209. The number of aromatic nitrogens is 2. The second-order valence-electron chi connectivity index (χ2n) is 7.89. The van der Waals surface area contributed by atoms with E-state index in [2.05, 4.69) is 15.5 Å². The maximum atomic E-state index is 13.0. The average Bonchev–Trinajstić information content (AvgIpc) is 3.35. The molecule has 4 rings (SSSR count). The molecule has 1 aliphatic heterocycles. The van der Waals surface area contributed by atoms with Gasteiger partial charge in [-0.2, -0.15) is 0 Å². The fourth-order valence-electron chi connectivity index (χ4n) is 4.09. The van der Waals surface area contributed by atoms with Gasteiger partial charge in [0.25, 0.3) is 0 Å². The van der Waals surface area contributed by atoms with Crippen LogP contribution in [0, 0.1) is 11.7 Å². The van der Waals surface area contributed by atoms with Crippen molar-refractivity contribution in [2.24, 2.45) is 5.92 Å². The molecule has 2 amide bonds. The molecule has 2 fully saturated rings. The second-order valence-corrected chi connectivity index (χ2v) is 8.90. The van der Waals surface area contributed by atoms with Gasteiger partial charge < -0.3 is 10.2 Å². The number of carbonyl (C=O) groups is 2. The summed E-state index contributed by atoms with van der Waals surface area (Å²) in [5.74, 6) is -0.382. The highest BCUT2D eigenvalue weighted by molar-refractivity contribution is 7.15. The molecule has 2 aliphatic rings. The van der Waals surface area contributed by atoms with E-state index in [1.54, 1.807) is 17.0 Å². The number of amides is 2. The van der Waals surface area contributed by atoms with Gasteiger partial charge in [0.2, 0.25) is 16.9 Å². The van der Waals surface area contributed by atoms with Crippen molar-refractivity contribution in [2.45, 2.75) is 50.9 Å². The first-order chi connectivity index (χ1) is 14.1. The number of rotatable bonds is 6. The summed E-state index contributed by atoms with van der Waals surface area (Å²) in [6.45, 7) is 0.930. The zero-order valence-electron chi connectivity index (χ0n) is 16.3. The summed E-state index contributed by atoms with van der Waals surface area (Å²) in [5, 5.41) is 12.8. The molecule has 0 unspecified atom stereocenters. The lowest BCUT2D eigenvalue weighted by Gasteiger charge is -2.18. The van der Waals surface area contributed by atoms with Crippen LogP contribution in [0.2, 0.25) is 0 Å². The molecule has 2 heterocycles. The van der Waals surface area contributed by atoms with E-state index in [0.29, 0.717) is 30.6 Å². The summed E-state index contributed by atoms with van der Waals surface area (Å²) >= 11 is 1.45. The summed E-state index contributed by atoms with van der Waals surface area (Å²) in [6, 6.07) is 6.28. The van der Waals surface area contributed by atoms with Crippen molar-refractivity contribution in [1.82, 2.24) is 15.1 Å². The molecule has 0 radical (unpaired) electrons. The number of anilines is 1. The third-order valence-electron chi connectivity index (χ3n) is 5.79. The van der Waals surface area contributed by atoms with Gasteiger partial charge in [-0.1, -0.05) is 42.7 Å². The highest BCUT2D eigenvalue weighted by Gasteiger charge is 2.34.